The van der Waals surface area contributed by atoms with Crippen molar-refractivity contribution >= 4 is 5.97 Å². The molecule has 0 saturated carbocycles. The van der Waals surface area contributed by atoms with E-state index < -0.39 is 0 Å². The van der Waals surface area contributed by atoms with Crippen LogP contribution in [0.15, 0.2) is 24.5 Å². The van der Waals surface area contributed by atoms with Crippen LogP contribution in [0.3, 0.4) is 0 Å². The average molecular weight is 236 g/mol. The highest BCUT2D eigenvalue weighted by Crippen LogP contribution is 2.17. The largest absolute Gasteiger partial charge is 0.489 e. The maximum atomic E-state index is 11.1. The van der Waals surface area contributed by atoms with Gasteiger partial charge in [0.05, 0.1) is 13.7 Å². The second-order valence-electron chi connectivity index (χ2n) is 4.02. The van der Waals surface area contributed by atoms with Gasteiger partial charge in [-0.25, -0.2) is 0 Å². The molecule has 0 aromatic carbocycles. The number of rotatable bonds is 4. The summed E-state index contributed by atoms with van der Waals surface area (Å²) in [5.74, 6) is 0.625. The Kier molecular flexibility index (Phi) is 3.93. The lowest BCUT2D eigenvalue weighted by molar-refractivity contribution is -0.141. The van der Waals surface area contributed by atoms with Gasteiger partial charge in [0.15, 0.2) is 0 Å². The van der Waals surface area contributed by atoms with E-state index in [4.69, 9.17) is 4.74 Å². The van der Waals surface area contributed by atoms with E-state index in [2.05, 4.69) is 9.72 Å². The van der Waals surface area contributed by atoms with Crippen LogP contribution in [0.5, 0.6) is 5.75 Å². The van der Waals surface area contributed by atoms with Gasteiger partial charge in [-0.2, -0.15) is 0 Å². The van der Waals surface area contributed by atoms with E-state index in [1.54, 1.807) is 12.4 Å². The summed E-state index contributed by atoms with van der Waals surface area (Å²) in [6.07, 6.45) is 4.48. The van der Waals surface area contributed by atoms with Crippen LogP contribution in [0.4, 0.5) is 0 Å². The molecule has 17 heavy (non-hydrogen) atoms. The van der Waals surface area contributed by atoms with Crippen LogP contribution in [0, 0.1) is 0 Å². The van der Waals surface area contributed by atoms with Crippen molar-refractivity contribution in [3.8, 4) is 5.75 Å². The van der Waals surface area contributed by atoms with Crippen molar-refractivity contribution in [2.75, 3.05) is 26.7 Å². The molecule has 1 aromatic rings. The molecule has 0 spiro atoms. The number of likely N-dealkylation sites (tertiary alicyclic amines) is 1. The third-order valence-corrected chi connectivity index (χ3v) is 2.76. The Bertz CT molecular complexity index is 369. The fourth-order valence-electron chi connectivity index (χ4n) is 1.89. The predicted octanol–water partition coefficient (Wildman–Crippen LogP) is 0.708. The van der Waals surface area contributed by atoms with Crippen LogP contribution in [0.1, 0.15) is 6.42 Å². The number of hydrogen-bond acceptors (Lipinski definition) is 5. The molecular weight excluding hydrogens is 220 g/mol. The lowest BCUT2D eigenvalue weighted by atomic mass is 10.3. The standard InChI is InChI=1S/C12H16N2O3/c1-16-12(15)9-14-7-4-11(8-14)17-10-2-5-13-6-3-10/h2-3,5-6,11H,4,7-9H2,1H3/t11-/m1/s1. The fourth-order valence-corrected chi connectivity index (χ4v) is 1.89. The number of aromatic nitrogens is 1. The van der Waals surface area contributed by atoms with Gasteiger partial charge in [0.1, 0.15) is 11.9 Å². The van der Waals surface area contributed by atoms with Gasteiger partial charge in [-0.3, -0.25) is 14.7 Å². The summed E-state index contributed by atoms with van der Waals surface area (Å²) >= 11 is 0. The summed E-state index contributed by atoms with van der Waals surface area (Å²) in [4.78, 5) is 17.1. The number of nitrogens with zero attached hydrogens (tertiary/aromatic N) is 2. The minimum atomic E-state index is -0.199. The normalized spacial score (nSPS) is 20.2. The molecule has 0 amide bonds. The van der Waals surface area contributed by atoms with Gasteiger partial charge in [-0.05, 0) is 18.6 Å². The summed E-state index contributed by atoms with van der Waals surface area (Å²) < 4.78 is 10.4. The SMILES string of the molecule is COC(=O)CN1CC[C@@H](Oc2ccncc2)C1. The van der Waals surface area contributed by atoms with Gasteiger partial charge in [-0.15, -0.1) is 0 Å². The zero-order valence-electron chi connectivity index (χ0n) is 9.83. The van der Waals surface area contributed by atoms with E-state index >= 15 is 0 Å². The number of carbonyl (C=O) groups excluding carboxylic acids is 1. The van der Waals surface area contributed by atoms with E-state index in [9.17, 15) is 4.79 Å². The molecule has 0 bridgehead atoms. The molecule has 1 fully saturated rings. The van der Waals surface area contributed by atoms with Gasteiger partial charge >= 0.3 is 5.97 Å². The van der Waals surface area contributed by atoms with Crippen LogP contribution in [0.25, 0.3) is 0 Å². The van der Waals surface area contributed by atoms with Crippen molar-refractivity contribution in [3.63, 3.8) is 0 Å². The molecule has 1 atom stereocenters. The number of esters is 1. The minimum absolute atomic E-state index is 0.141. The van der Waals surface area contributed by atoms with Gasteiger partial charge < -0.3 is 9.47 Å². The van der Waals surface area contributed by atoms with E-state index in [1.165, 1.54) is 7.11 Å². The molecule has 0 N–H and O–H groups in total. The third kappa shape index (κ3) is 3.42. The summed E-state index contributed by atoms with van der Waals surface area (Å²) in [6, 6.07) is 3.67. The van der Waals surface area contributed by atoms with Crippen molar-refractivity contribution in [2.45, 2.75) is 12.5 Å². The van der Waals surface area contributed by atoms with Gasteiger partial charge in [0, 0.05) is 25.5 Å². The summed E-state index contributed by atoms with van der Waals surface area (Å²) in [5.41, 5.74) is 0. The zero-order chi connectivity index (χ0) is 12.1. The topological polar surface area (TPSA) is 51.7 Å². The molecule has 1 saturated heterocycles. The Labute approximate surface area is 100 Å². The summed E-state index contributed by atoms with van der Waals surface area (Å²) in [7, 11) is 1.41. The molecule has 0 aliphatic carbocycles. The Morgan fingerprint density at radius 3 is 3.00 bits per heavy atom. The highest BCUT2D eigenvalue weighted by molar-refractivity contribution is 5.71. The van der Waals surface area contributed by atoms with Crippen LogP contribution in [-0.4, -0.2) is 48.7 Å². The zero-order valence-corrected chi connectivity index (χ0v) is 9.83. The average Bonchev–Trinajstić information content (AvgIpc) is 2.77. The molecule has 2 heterocycles. The first-order valence-corrected chi connectivity index (χ1v) is 5.64. The number of pyridine rings is 1. The minimum Gasteiger partial charge on any atom is -0.489 e. The second kappa shape index (κ2) is 5.63. The van der Waals surface area contributed by atoms with E-state index in [1.807, 2.05) is 17.0 Å². The van der Waals surface area contributed by atoms with Crippen LogP contribution < -0.4 is 4.74 Å². The fraction of sp³-hybridized carbons (Fsp3) is 0.500. The van der Waals surface area contributed by atoms with Gasteiger partial charge in [0.25, 0.3) is 0 Å². The van der Waals surface area contributed by atoms with Crippen molar-refractivity contribution < 1.29 is 14.3 Å². The van der Waals surface area contributed by atoms with Crippen molar-refractivity contribution in [1.82, 2.24) is 9.88 Å². The number of carbonyl (C=O) groups is 1. The highest BCUT2D eigenvalue weighted by atomic mass is 16.5. The third-order valence-electron chi connectivity index (χ3n) is 2.76. The number of hydrogen-bond donors (Lipinski definition) is 0. The number of ether oxygens (including phenoxy) is 2. The maximum Gasteiger partial charge on any atom is 0.319 e. The predicted molar refractivity (Wildman–Crippen MR) is 61.7 cm³/mol. The van der Waals surface area contributed by atoms with Gasteiger partial charge in [0.2, 0.25) is 0 Å². The molecule has 1 aliphatic rings. The summed E-state index contributed by atoms with van der Waals surface area (Å²) in [6.45, 7) is 1.97. The maximum absolute atomic E-state index is 11.1. The van der Waals surface area contributed by atoms with Crippen LogP contribution in [-0.2, 0) is 9.53 Å². The number of methoxy groups -OCH3 is 1. The molecule has 0 unspecified atom stereocenters. The van der Waals surface area contributed by atoms with Crippen LogP contribution in [0.2, 0.25) is 0 Å². The molecule has 1 aliphatic heterocycles. The first-order chi connectivity index (χ1) is 8.28. The molecule has 5 nitrogen and oxygen atoms in total. The molecular formula is C12H16N2O3. The Morgan fingerprint density at radius 2 is 2.29 bits per heavy atom. The molecule has 0 radical (unpaired) electrons. The first kappa shape index (κ1) is 11.9. The molecule has 5 heteroatoms. The molecule has 92 valence electrons. The van der Waals surface area contributed by atoms with E-state index in [0.717, 1.165) is 25.3 Å². The van der Waals surface area contributed by atoms with Crippen molar-refractivity contribution in [1.29, 1.82) is 0 Å². The first-order valence-electron chi connectivity index (χ1n) is 5.64. The van der Waals surface area contributed by atoms with Crippen LogP contribution >= 0.6 is 0 Å². The smallest absolute Gasteiger partial charge is 0.319 e. The lowest BCUT2D eigenvalue weighted by Gasteiger charge is -2.15. The second-order valence-corrected chi connectivity index (χ2v) is 4.02. The lowest BCUT2D eigenvalue weighted by Crippen LogP contribution is -2.30. The molecule has 1 aromatic heterocycles. The van der Waals surface area contributed by atoms with Crippen molar-refractivity contribution in [3.05, 3.63) is 24.5 Å². The summed E-state index contributed by atoms with van der Waals surface area (Å²) in [5, 5.41) is 0. The Hall–Kier alpha value is -1.62. The van der Waals surface area contributed by atoms with E-state index in [0.29, 0.717) is 6.54 Å². The quantitative estimate of drug-likeness (QED) is 0.721. The highest BCUT2D eigenvalue weighted by Gasteiger charge is 2.25. The Morgan fingerprint density at radius 1 is 1.53 bits per heavy atom. The molecule has 2 rings (SSSR count). The van der Waals surface area contributed by atoms with Gasteiger partial charge in [-0.1, -0.05) is 0 Å². The van der Waals surface area contributed by atoms with E-state index in [-0.39, 0.29) is 12.1 Å². The Balaban J connectivity index is 1.80. The van der Waals surface area contributed by atoms with Crippen molar-refractivity contribution in [2.24, 2.45) is 0 Å². The monoisotopic (exact) mass is 236 g/mol.